The number of nitrogens with two attached hydrogens (primary N) is 2. The maximum Gasteiger partial charge on any atom is 0.237 e. The lowest BCUT2D eigenvalue weighted by Crippen LogP contribution is -2.44. The Balaban J connectivity index is 2.20. The minimum Gasteiger partial charge on any atom is -0.381 e. The molecule has 1 aliphatic heterocycles. The van der Waals surface area contributed by atoms with Crippen LogP contribution in [0.25, 0.3) is 0 Å². The molecule has 0 bridgehead atoms. The number of rotatable bonds is 5. The maximum atomic E-state index is 11.4. The zero-order valence-electron chi connectivity index (χ0n) is 9.28. The molecule has 1 heterocycles. The van der Waals surface area contributed by atoms with Gasteiger partial charge in [0.15, 0.2) is 0 Å². The van der Waals surface area contributed by atoms with Crippen LogP contribution >= 0.6 is 0 Å². The third kappa shape index (κ3) is 4.59. The monoisotopic (exact) mass is 229 g/mol. The van der Waals surface area contributed by atoms with E-state index >= 15 is 0 Å². The minimum absolute atomic E-state index is 0.111. The number of carbonyl (C=O) groups excluding carboxylic acids is 2. The number of amides is 2. The molecule has 0 aromatic carbocycles. The largest absolute Gasteiger partial charge is 0.381 e. The van der Waals surface area contributed by atoms with Crippen LogP contribution in [0.2, 0.25) is 0 Å². The van der Waals surface area contributed by atoms with Crippen molar-refractivity contribution in [3.8, 4) is 0 Å². The summed E-state index contributed by atoms with van der Waals surface area (Å²) in [5, 5.41) is 2.73. The highest BCUT2D eigenvalue weighted by Gasteiger charge is 2.18. The summed E-state index contributed by atoms with van der Waals surface area (Å²) >= 11 is 0. The van der Waals surface area contributed by atoms with Gasteiger partial charge in [-0.15, -0.1) is 0 Å². The Morgan fingerprint density at radius 3 is 2.56 bits per heavy atom. The summed E-state index contributed by atoms with van der Waals surface area (Å²) in [5.41, 5.74) is 10.5. The molecule has 0 aromatic rings. The highest BCUT2D eigenvalue weighted by molar-refractivity contribution is 5.87. The molecule has 6 nitrogen and oxygen atoms in total. The Morgan fingerprint density at radius 2 is 2.00 bits per heavy atom. The predicted molar refractivity (Wildman–Crippen MR) is 58.3 cm³/mol. The summed E-state index contributed by atoms with van der Waals surface area (Å²) in [6.07, 6.45) is 1.79. The number of hydrogen-bond donors (Lipinski definition) is 3. The van der Waals surface area contributed by atoms with Crippen LogP contribution in [0.5, 0.6) is 0 Å². The molecule has 5 N–H and O–H groups in total. The second-order valence-corrected chi connectivity index (χ2v) is 4.08. The Kier molecular flexibility index (Phi) is 5.21. The van der Waals surface area contributed by atoms with Gasteiger partial charge in [-0.1, -0.05) is 0 Å². The van der Waals surface area contributed by atoms with Gasteiger partial charge >= 0.3 is 0 Å². The van der Waals surface area contributed by atoms with E-state index < -0.39 is 11.9 Å². The molecule has 16 heavy (non-hydrogen) atoms. The average molecular weight is 229 g/mol. The summed E-state index contributed by atoms with van der Waals surface area (Å²) in [4.78, 5) is 22.0. The van der Waals surface area contributed by atoms with Gasteiger partial charge in [0, 0.05) is 19.8 Å². The van der Waals surface area contributed by atoms with Crippen molar-refractivity contribution in [2.75, 3.05) is 19.8 Å². The first-order chi connectivity index (χ1) is 7.59. The summed E-state index contributed by atoms with van der Waals surface area (Å²) in [6.45, 7) is 2.08. The van der Waals surface area contributed by atoms with Crippen molar-refractivity contribution < 1.29 is 14.3 Å². The fourth-order valence-electron chi connectivity index (χ4n) is 1.64. The second-order valence-electron chi connectivity index (χ2n) is 4.08. The first-order valence-corrected chi connectivity index (χ1v) is 5.49. The summed E-state index contributed by atoms with van der Waals surface area (Å²) in [7, 11) is 0. The summed E-state index contributed by atoms with van der Waals surface area (Å²) in [6, 6.07) is -0.836. The van der Waals surface area contributed by atoms with Crippen LogP contribution < -0.4 is 16.8 Å². The number of ether oxygens (including phenoxy) is 1. The zero-order valence-corrected chi connectivity index (χ0v) is 9.28. The molecule has 1 atom stereocenters. The van der Waals surface area contributed by atoms with Gasteiger partial charge in [0.2, 0.25) is 11.8 Å². The number of hydrogen-bond acceptors (Lipinski definition) is 4. The lowest BCUT2D eigenvalue weighted by atomic mass is 10.0. The van der Waals surface area contributed by atoms with Crippen LogP contribution in [0, 0.1) is 5.92 Å². The first kappa shape index (κ1) is 12.9. The third-order valence-electron chi connectivity index (χ3n) is 2.66. The van der Waals surface area contributed by atoms with Crippen molar-refractivity contribution in [1.29, 1.82) is 0 Å². The van der Waals surface area contributed by atoms with Crippen LogP contribution in [0.3, 0.4) is 0 Å². The molecule has 0 aliphatic carbocycles. The summed E-state index contributed by atoms with van der Waals surface area (Å²) < 4.78 is 5.21. The molecule has 1 fully saturated rings. The van der Waals surface area contributed by atoms with E-state index in [2.05, 4.69) is 5.32 Å². The van der Waals surface area contributed by atoms with E-state index in [0.29, 0.717) is 12.5 Å². The van der Waals surface area contributed by atoms with E-state index in [0.717, 1.165) is 26.1 Å². The van der Waals surface area contributed by atoms with Gasteiger partial charge in [-0.2, -0.15) is 0 Å². The molecule has 0 radical (unpaired) electrons. The topological polar surface area (TPSA) is 107 Å². The fraction of sp³-hybridized carbons (Fsp3) is 0.800. The van der Waals surface area contributed by atoms with Gasteiger partial charge < -0.3 is 21.5 Å². The van der Waals surface area contributed by atoms with Gasteiger partial charge in [0.1, 0.15) is 0 Å². The molecule has 0 spiro atoms. The Hall–Kier alpha value is -1.14. The number of carbonyl (C=O) groups is 2. The molecule has 2 amide bonds. The van der Waals surface area contributed by atoms with E-state index in [1.54, 1.807) is 0 Å². The molecule has 6 heteroatoms. The van der Waals surface area contributed by atoms with E-state index in [9.17, 15) is 9.59 Å². The Labute approximate surface area is 94.7 Å². The molecule has 1 unspecified atom stereocenters. The zero-order chi connectivity index (χ0) is 12.0. The smallest absolute Gasteiger partial charge is 0.237 e. The van der Waals surface area contributed by atoms with Gasteiger partial charge in [-0.25, -0.2) is 0 Å². The highest BCUT2D eigenvalue weighted by Crippen LogP contribution is 2.13. The Morgan fingerprint density at radius 1 is 1.38 bits per heavy atom. The van der Waals surface area contributed by atoms with Gasteiger partial charge in [0.05, 0.1) is 12.5 Å². The molecule has 0 aromatic heterocycles. The molecule has 92 valence electrons. The quantitative estimate of drug-likeness (QED) is 0.546. The molecular formula is C10H19N3O3. The van der Waals surface area contributed by atoms with Crippen LogP contribution in [0.15, 0.2) is 0 Å². The SMILES string of the molecule is NC(=O)CC(N)C(=O)NCC1CCOCC1. The molecular weight excluding hydrogens is 210 g/mol. The minimum atomic E-state index is -0.836. The fourth-order valence-corrected chi connectivity index (χ4v) is 1.64. The lowest BCUT2D eigenvalue weighted by molar-refractivity contribution is -0.126. The van der Waals surface area contributed by atoms with Crippen LogP contribution in [-0.2, 0) is 14.3 Å². The van der Waals surface area contributed by atoms with E-state index in [1.165, 1.54) is 0 Å². The van der Waals surface area contributed by atoms with Crippen molar-refractivity contribution in [2.45, 2.75) is 25.3 Å². The molecule has 1 rings (SSSR count). The standard InChI is InChI=1S/C10H19N3O3/c11-8(5-9(12)14)10(15)13-6-7-1-3-16-4-2-7/h7-8H,1-6,11H2,(H2,12,14)(H,13,15). The Bertz CT molecular complexity index is 252. The van der Waals surface area contributed by atoms with Crippen LogP contribution in [-0.4, -0.2) is 37.6 Å². The van der Waals surface area contributed by atoms with Gasteiger partial charge in [-0.3, -0.25) is 9.59 Å². The third-order valence-corrected chi connectivity index (χ3v) is 2.66. The molecule has 0 saturated carbocycles. The van der Waals surface area contributed by atoms with E-state index in [-0.39, 0.29) is 12.3 Å². The molecule has 1 aliphatic rings. The van der Waals surface area contributed by atoms with Crippen molar-refractivity contribution in [2.24, 2.45) is 17.4 Å². The maximum absolute atomic E-state index is 11.4. The predicted octanol–water partition coefficient (Wildman–Crippen LogP) is -1.27. The highest BCUT2D eigenvalue weighted by atomic mass is 16.5. The summed E-state index contributed by atoms with van der Waals surface area (Å²) in [5.74, 6) is -0.433. The number of primary amides is 1. The molecule has 1 saturated heterocycles. The lowest BCUT2D eigenvalue weighted by Gasteiger charge is -2.22. The van der Waals surface area contributed by atoms with E-state index in [4.69, 9.17) is 16.2 Å². The second kappa shape index (κ2) is 6.44. The average Bonchev–Trinajstić information content (AvgIpc) is 2.26. The van der Waals surface area contributed by atoms with Crippen LogP contribution in [0.4, 0.5) is 0 Å². The van der Waals surface area contributed by atoms with Crippen LogP contribution in [0.1, 0.15) is 19.3 Å². The van der Waals surface area contributed by atoms with Crippen molar-refractivity contribution in [3.05, 3.63) is 0 Å². The van der Waals surface area contributed by atoms with E-state index in [1.807, 2.05) is 0 Å². The first-order valence-electron chi connectivity index (χ1n) is 5.49. The van der Waals surface area contributed by atoms with Crippen molar-refractivity contribution in [3.63, 3.8) is 0 Å². The van der Waals surface area contributed by atoms with Gasteiger partial charge in [0.25, 0.3) is 0 Å². The van der Waals surface area contributed by atoms with Crippen molar-refractivity contribution in [1.82, 2.24) is 5.32 Å². The van der Waals surface area contributed by atoms with Gasteiger partial charge in [-0.05, 0) is 18.8 Å². The number of nitrogens with one attached hydrogen (secondary N) is 1. The normalized spacial score (nSPS) is 19.1. The van der Waals surface area contributed by atoms with Crippen molar-refractivity contribution >= 4 is 11.8 Å².